The Morgan fingerprint density at radius 2 is 1.67 bits per heavy atom. The van der Waals surface area contributed by atoms with Crippen molar-refractivity contribution in [3.8, 4) is 11.5 Å². The van der Waals surface area contributed by atoms with Crippen molar-refractivity contribution in [3.05, 3.63) is 52.6 Å². The standard InChI is InChI=1S/C22H30N2O4S.ClH/c1-16-6-7-20(12-17(16)2)29(25,26)23-9-5-10-24-11-8-18-13-21(27-3)22(28-4)14-19(18)15-24;/h6-7,12-14,23H,5,8-11,15H2,1-4H3;1H. The maximum Gasteiger partial charge on any atom is 0.240 e. The fraction of sp³-hybridized carbons (Fsp3) is 0.455. The van der Waals surface area contributed by atoms with Crippen LogP contribution in [0.1, 0.15) is 28.7 Å². The molecule has 0 amide bonds. The number of hydrogen-bond donors (Lipinski definition) is 1. The lowest BCUT2D eigenvalue weighted by Crippen LogP contribution is -2.33. The third kappa shape index (κ3) is 5.66. The lowest BCUT2D eigenvalue weighted by molar-refractivity contribution is 0.250. The summed E-state index contributed by atoms with van der Waals surface area (Å²) in [5.74, 6) is 1.51. The van der Waals surface area contributed by atoms with Gasteiger partial charge in [-0.3, -0.25) is 4.90 Å². The molecule has 0 spiro atoms. The van der Waals surface area contributed by atoms with Crippen molar-refractivity contribution in [1.82, 2.24) is 9.62 Å². The van der Waals surface area contributed by atoms with Gasteiger partial charge in [0.15, 0.2) is 11.5 Å². The molecule has 2 aromatic carbocycles. The molecule has 1 N–H and O–H groups in total. The Morgan fingerprint density at radius 1 is 1.00 bits per heavy atom. The van der Waals surface area contributed by atoms with Crippen molar-refractivity contribution in [2.75, 3.05) is 33.9 Å². The average molecular weight is 455 g/mol. The second kappa shape index (κ2) is 10.5. The molecule has 6 nitrogen and oxygen atoms in total. The molecule has 1 aliphatic rings. The van der Waals surface area contributed by atoms with Gasteiger partial charge in [-0.15, -0.1) is 12.4 Å². The summed E-state index contributed by atoms with van der Waals surface area (Å²) < 4.78 is 38.5. The number of halogens is 1. The number of aryl methyl sites for hydroxylation is 2. The van der Waals surface area contributed by atoms with E-state index in [-0.39, 0.29) is 12.4 Å². The summed E-state index contributed by atoms with van der Waals surface area (Å²) in [5, 5.41) is 0. The zero-order valence-electron chi connectivity index (χ0n) is 18.0. The van der Waals surface area contributed by atoms with Crippen molar-refractivity contribution in [2.45, 2.75) is 38.1 Å². The highest BCUT2D eigenvalue weighted by Gasteiger charge is 2.20. The molecule has 0 aliphatic carbocycles. The second-order valence-corrected chi connectivity index (χ2v) is 9.27. The van der Waals surface area contributed by atoms with Crippen LogP contribution in [-0.4, -0.2) is 47.2 Å². The van der Waals surface area contributed by atoms with Gasteiger partial charge in [-0.25, -0.2) is 13.1 Å². The van der Waals surface area contributed by atoms with Gasteiger partial charge in [-0.1, -0.05) is 6.07 Å². The number of nitrogens with zero attached hydrogens (tertiary/aromatic N) is 1. The van der Waals surface area contributed by atoms with Gasteiger partial charge < -0.3 is 9.47 Å². The molecule has 1 aliphatic heterocycles. The smallest absolute Gasteiger partial charge is 0.240 e. The molecule has 2 aromatic rings. The first kappa shape index (κ1) is 24.5. The lowest BCUT2D eigenvalue weighted by atomic mass is 9.98. The summed E-state index contributed by atoms with van der Waals surface area (Å²) in [6.45, 7) is 6.94. The molecule has 0 bridgehead atoms. The van der Waals surface area contributed by atoms with Gasteiger partial charge in [0, 0.05) is 19.6 Å². The summed E-state index contributed by atoms with van der Waals surface area (Å²) in [7, 11) is -0.170. The lowest BCUT2D eigenvalue weighted by Gasteiger charge is -2.29. The minimum atomic E-state index is -3.47. The van der Waals surface area contributed by atoms with E-state index in [1.807, 2.05) is 26.0 Å². The topological polar surface area (TPSA) is 67.9 Å². The molecule has 3 rings (SSSR count). The van der Waals surface area contributed by atoms with E-state index in [1.54, 1.807) is 26.4 Å². The van der Waals surface area contributed by atoms with Crippen molar-refractivity contribution in [1.29, 1.82) is 0 Å². The number of nitrogens with one attached hydrogen (secondary N) is 1. The van der Waals surface area contributed by atoms with Gasteiger partial charge in [-0.05, 0) is 79.8 Å². The number of methoxy groups -OCH3 is 2. The van der Waals surface area contributed by atoms with E-state index >= 15 is 0 Å². The van der Waals surface area contributed by atoms with Crippen LogP contribution in [0.25, 0.3) is 0 Å². The summed E-state index contributed by atoms with van der Waals surface area (Å²) in [4.78, 5) is 2.67. The van der Waals surface area contributed by atoms with E-state index in [2.05, 4.69) is 15.7 Å². The Kier molecular flexibility index (Phi) is 8.55. The normalized spacial score (nSPS) is 14.0. The second-order valence-electron chi connectivity index (χ2n) is 7.50. The van der Waals surface area contributed by atoms with Crippen LogP contribution in [0, 0.1) is 13.8 Å². The minimum absolute atomic E-state index is 0. The maximum atomic E-state index is 12.5. The zero-order chi connectivity index (χ0) is 21.0. The van der Waals surface area contributed by atoms with Crippen LogP contribution >= 0.6 is 12.4 Å². The van der Waals surface area contributed by atoms with Gasteiger partial charge in [0.25, 0.3) is 0 Å². The Bertz CT molecular complexity index is 979. The highest BCUT2D eigenvalue weighted by atomic mass is 35.5. The molecule has 30 heavy (non-hydrogen) atoms. The summed E-state index contributed by atoms with van der Waals surface area (Å²) >= 11 is 0. The Hall–Kier alpha value is -1.80. The van der Waals surface area contributed by atoms with E-state index in [0.29, 0.717) is 11.4 Å². The molecule has 0 atom stereocenters. The predicted molar refractivity (Wildman–Crippen MR) is 121 cm³/mol. The Labute approximate surface area is 186 Å². The first-order valence-electron chi connectivity index (χ1n) is 9.87. The largest absolute Gasteiger partial charge is 0.493 e. The summed E-state index contributed by atoms with van der Waals surface area (Å²) in [5.41, 5.74) is 4.59. The SMILES string of the molecule is COc1cc2c(cc1OC)CN(CCCNS(=O)(=O)c1ccc(C)c(C)c1)CC2.Cl. The van der Waals surface area contributed by atoms with Crippen LogP contribution in [0.5, 0.6) is 11.5 Å². The highest BCUT2D eigenvalue weighted by molar-refractivity contribution is 7.89. The molecule has 0 radical (unpaired) electrons. The maximum absolute atomic E-state index is 12.5. The van der Waals surface area contributed by atoms with E-state index in [0.717, 1.165) is 55.1 Å². The molecule has 8 heteroatoms. The van der Waals surface area contributed by atoms with Gasteiger partial charge in [0.2, 0.25) is 10.0 Å². The fourth-order valence-corrected chi connectivity index (χ4v) is 4.76. The number of benzene rings is 2. The molecule has 166 valence electrons. The van der Waals surface area contributed by atoms with Crippen molar-refractivity contribution >= 4 is 22.4 Å². The fourth-order valence-electron chi connectivity index (χ4n) is 3.61. The van der Waals surface area contributed by atoms with Gasteiger partial charge >= 0.3 is 0 Å². The molecule has 0 saturated heterocycles. The first-order chi connectivity index (χ1) is 13.8. The summed E-state index contributed by atoms with van der Waals surface area (Å²) in [6, 6.07) is 9.33. The monoisotopic (exact) mass is 454 g/mol. The van der Waals surface area contributed by atoms with Crippen LogP contribution < -0.4 is 14.2 Å². The first-order valence-corrected chi connectivity index (χ1v) is 11.4. The van der Waals surface area contributed by atoms with Crippen LogP contribution in [0.4, 0.5) is 0 Å². The van der Waals surface area contributed by atoms with Crippen molar-refractivity contribution in [3.63, 3.8) is 0 Å². The van der Waals surface area contributed by atoms with Crippen LogP contribution in [0.3, 0.4) is 0 Å². The Morgan fingerprint density at radius 3 is 2.30 bits per heavy atom. The van der Waals surface area contributed by atoms with Crippen LogP contribution in [-0.2, 0) is 23.0 Å². The van der Waals surface area contributed by atoms with Gasteiger partial charge in [-0.2, -0.15) is 0 Å². The molecule has 0 fully saturated rings. The van der Waals surface area contributed by atoms with Crippen molar-refractivity contribution < 1.29 is 17.9 Å². The number of ether oxygens (including phenoxy) is 2. The number of fused-ring (bicyclic) bond motifs is 1. The van der Waals surface area contributed by atoms with Crippen molar-refractivity contribution in [2.24, 2.45) is 0 Å². The number of sulfonamides is 1. The number of hydrogen-bond acceptors (Lipinski definition) is 5. The summed E-state index contributed by atoms with van der Waals surface area (Å²) in [6.07, 6.45) is 1.71. The van der Waals surface area contributed by atoms with Gasteiger partial charge in [0.1, 0.15) is 0 Å². The third-order valence-corrected chi connectivity index (χ3v) is 6.99. The predicted octanol–water partition coefficient (Wildman–Crippen LogP) is 3.47. The van der Waals surface area contributed by atoms with Gasteiger partial charge in [0.05, 0.1) is 19.1 Å². The van der Waals surface area contributed by atoms with E-state index < -0.39 is 10.0 Å². The molecule has 0 saturated carbocycles. The van der Waals surface area contributed by atoms with Crippen LogP contribution in [0.2, 0.25) is 0 Å². The minimum Gasteiger partial charge on any atom is -0.493 e. The average Bonchev–Trinajstić information content (AvgIpc) is 2.71. The van der Waals surface area contributed by atoms with E-state index in [1.165, 1.54) is 11.1 Å². The third-order valence-electron chi connectivity index (χ3n) is 5.53. The Balaban J connectivity index is 0.00000320. The molecular weight excluding hydrogens is 424 g/mol. The molecule has 0 aromatic heterocycles. The van der Waals surface area contributed by atoms with Crippen LogP contribution in [0.15, 0.2) is 35.2 Å². The highest BCUT2D eigenvalue weighted by Crippen LogP contribution is 2.33. The zero-order valence-corrected chi connectivity index (χ0v) is 19.7. The molecule has 1 heterocycles. The quantitative estimate of drug-likeness (QED) is 0.618. The molecular formula is C22H31ClN2O4S. The number of rotatable bonds is 8. The van der Waals surface area contributed by atoms with E-state index in [4.69, 9.17) is 9.47 Å². The molecule has 0 unspecified atom stereocenters. The van der Waals surface area contributed by atoms with E-state index in [9.17, 15) is 8.42 Å².